The molecule has 10 nitrogen and oxygen atoms in total. The van der Waals surface area contributed by atoms with Gasteiger partial charge in [0, 0.05) is 12.8 Å². The molecule has 0 bridgehead atoms. The lowest BCUT2D eigenvalue weighted by Crippen LogP contribution is -2.59. The second-order valence-electron chi connectivity index (χ2n) is 16.9. The number of rotatable bonds is 41. The number of hydrogen-bond acceptors (Lipinski definition) is 10. The van der Waals surface area contributed by atoms with Crippen molar-refractivity contribution >= 4 is 11.9 Å². The Hall–Kier alpha value is -3.90. The third-order valence-electron chi connectivity index (χ3n) is 10.9. The smallest absolute Gasteiger partial charge is 0.306 e. The van der Waals surface area contributed by atoms with Gasteiger partial charge in [0.25, 0.3) is 0 Å². The van der Waals surface area contributed by atoms with Gasteiger partial charge < -0.3 is 39.4 Å². The lowest BCUT2D eigenvalue weighted by atomic mass is 9.99. The van der Waals surface area contributed by atoms with E-state index in [2.05, 4.69) is 123 Å². The number of esters is 2. The van der Waals surface area contributed by atoms with Crippen LogP contribution in [0, 0.1) is 0 Å². The fourth-order valence-electron chi connectivity index (χ4n) is 6.91. The molecule has 378 valence electrons. The third-order valence-corrected chi connectivity index (χ3v) is 10.9. The first-order valence-corrected chi connectivity index (χ1v) is 25.6. The van der Waals surface area contributed by atoms with Gasteiger partial charge in [0.2, 0.25) is 0 Å². The number of hydrogen-bond donors (Lipinski definition) is 4. The average Bonchev–Trinajstić information content (AvgIpc) is 3.33. The van der Waals surface area contributed by atoms with Crippen LogP contribution >= 0.6 is 0 Å². The second-order valence-corrected chi connectivity index (χ2v) is 16.9. The largest absolute Gasteiger partial charge is 0.462 e. The summed E-state index contributed by atoms with van der Waals surface area (Å²) < 4.78 is 22.1. The highest BCUT2D eigenvalue weighted by molar-refractivity contribution is 5.70. The molecule has 0 saturated carbocycles. The Balaban J connectivity index is 2.32. The zero-order chi connectivity index (χ0) is 48.7. The van der Waals surface area contributed by atoms with Crippen LogP contribution in [0.25, 0.3) is 0 Å². The van der Waals surface area contributed by atoms with Gasteiger partial charge in [-0.25, -0.2) is 0 Å². The molecule has 0 radical (unpaired) electrons. The van der Waals surface area contributed by atoms with Gasteiger partial charge in [0.1, 0.15) is 31.0 Å². The second kappa shape index (κ2) is 45.9. The summed E-state index contributed by atoms with van der Waals surface area (Å²) in [5.74, 6) is -0.919. The molecule has 6 unspecified atom stereocenters. The summed E-state index contributed by atoms with van der Waals surface area (Å²) in [4.78, 5) is 25.4. The molecular formula is C57H90O10. The van der Waals surface area contributed by atoms with E-state index in [1.807, 2.05) is 12.2 Å². The first-order valence-electron chi connectivity index (χ1n) is 25.6. The van der Waals surface area contributed by atoms with E-state index in [1.54, 1.807) is 0 Å². The summed E-state index contributed by atoms with van der Waals surface area (Å²) in [5.41, 5.74) is 0. The minimum Gasteiger partial charge on any atom is -0.462 e. The summed E-state index contributed by atoms with van der Waals surface area (Å²) in [5, 5.41) is 40.2. The lowest BCUT2D eigenvalue weighted by molar-refractivity contribution is -0.305. The van der Waals surface area contributed by atoms with Crippen molar-refractivity contribution < 1.29 is 49.0 Å². The van der Waals surface area contributed by atoms with E-state index < -0.39 is 55.4 Å². The zero-order valence-corrected chi connectivity index (χ0v) is 41.3. The quantitative estimate of drug-likeness (QED) is 0.0265. The van der Waals surface area contributed by atoms with Crippen LogP contribution in [0.2, 0.25) is 0 Å². The van der Waals surface area contributed by atoms with E-state index in [-0.39, 0.29) is 26.1 Å². The maximum Gasteiger partial charge on any atom is 0.306 e. The maximum atomic E-state index is 12.8. The van der Waals surface area contributed by atoms with Crippen molar-refractivity contribution in [1.82, 2.24) is 0 Å². The topological polar surface area (TPSA) is 152 Å². The fourth-order valence-corrected chi connectivity index (χ4v) is 6.91. The van der Waals surface area contributed by atoms with Crippen LogP contribution in [0.5, 0.6) is 0 Å². The van der Waals surface area contributed by atoms with Crippen molar-refractivity contribution in [2.24, 2.45) is 0 Å². The molecule has 1 rings (SSSR count). The molecule has 0 aromatic carbocycles. The zero-order valence-electron chi connectivity index (χ0n) is 41.3. The summed E-state index contributed by atoms with van der Waals surface area (Å²) in [6.07, 6.45) is 57.9. The van der Waals surface area contributed by atoms with Crippen LogP contribution < -0.4 is 0 Å². The van der Waals surface area contributed by atoms with Crippen molar-refractivity contribution in [2.45, 2.75) is 205 Å². The van der Waals surface area contributed by atoms with Crippen LogP contribution in [0.3, 0.4) is 0 Å². The number of aliphatic hydroxyl groups is 4. The van der Waals surface area contributed by atoms with E-state index in [9.17, 15) is 30.0 Å². The molecule has 1 heterocycles. The molecule has 67 heavy (non-hydrogen) atoms. The van der Waals surface area contributed by atoms with Crippen molar-refractivity contribution in [3.63, 3.8) is 0 Å². The number of aliphatic hydroxyl groups excluding tert-OH is 4. The Bertz CT molecular complexity index is 1500. The molecule has 0 spiro atoms. The number of allylic oxidation sites excluding steroid dienone is 20. The van der Waals surface area contributed by atoms with E-state index in [0.29, 0.717) is 12.8 Å². The molecule has 1 aliphatic heterocycles. The van der Waals surface area contributed by atoms with Gasteiger partial charge in [-0.05, 0) is 89.9 Å². The molecule has 1 saturated heterocycles. The summed E-state index contributed by atoms with van der Waals surface area (Å²) >= 11 is 0. The van der Waals surface area contributed by atoms with Gasteiger partial charge in [-0.15, -0.1) is 0 Å². The van der Waals surface area contributed by atoms with Crippen molar-refractivity contribution in [1.29, 1.82) is 0 Å². The number of ether oxygens (including phenoxy) is 4. The van der Waals surface area contributed by atoms with E-state index in [0.717, 1.165) is 89.9 Å². The summed E-state index contributed by atoms with van der Waals surface area (Å²) in [7, 11) is 0. The van der Waals surface area contributed by atoms with Crippen LogP contribution in [-0.2, 0) is 28.5 Å². The normalized spacial score (nSPS) is 20.1. The van der Waals surface area contributed by atoms with Crippen molar-refractivity contribution in [2.75, 3.05) is 19.8 Å². The van der Waals surface area contributed by atoms with E-state index in [4.69, 9.17) is 18.9 Å². The minimum absolute atomic E-state index is 0.0966. The third kappa shape index (κ3) is 36.8. The van der Waals surface area contributed by atoms with Gasteiger partial charge in [-0.2, -0.15) is 0 Å². The van der Waals surface area contributed by atoms with Crippen molar-refractivity contribution in [3.8, 4) is 0 Å². The van der Waals surface area contributed by atoms with Gasteiger partial charge >= 0.3 is 11.9 Å². The van der Waals surface area contributed by atoms with Gasteiger partial charge in [0.15, 0.2) is 12.4 Å². The molecular weight excluding hydrogens is 845 g/mol. The van der Waals surface area contributed by atoms with Gasteiger partial charge in [0.05, 0.1) is 13.2 Å². The van der Waals surface area contributed by atoms with Crippen LogP contribution in [0.4, 0.5) is 0 Å². The number of unbranched alkanes of at least 4 members (excludes halogenated alkanes) is 10. The molecule has 6 atom stereocenters. The molecule has 0 amide bonds. The van der Waals surface area contributed by atoms with Gasteiger partial charge in [-0.3, -0.25) is 9.59 Å². The monoisotopic (exact) mass is 935 g/mol. The Morgan fingerprint density at radius 3 is 1.31 bits per heavy atom. The molecule has 1 fully saturated rings. The Morgan fingerprint density at radius 2 is 0.866 bits per heavy atom. The fraction of sp³-hybridized carbons (Fsp3) is 0.614. The maximum absolute atomic E-state index is 12.8. The SMILES string of the molecule is CC/C=C\C/C=C\C/C=C\C/C=C\C/C=C\C/C=C\CCC(=O)OC(COC(=O)CCCCCCCCCCCC/C=C\C/C=C\C/C=C\C/C=C\CC)COC1OC(CO)C(O)C(O)C1O. The first-order chi connectivity index (χ1) is 32.8. The highest BCUT2D eigenvalue weighted by Crippen LogP contribution is 2.22. The van der Waals surface area contributed by atoms with Crippen LogP contribution in [0.15, 0.2) is 122 Å². The molecule has 0 aliphatic carbocycles. The molecule has 0 aromatic rings. The molecule has 10 heteroatoms. The van der Waals surface area contributed by atoms with Gasteiger partial charge in [-0.1, -0.05) is 187 Å². The summed E-state index contributed by atoms with van der Waals surface area (Å²) in [6, 6.07) is 0. The highest BCUT2D eigenvalue weighted by atomic mass is 16.7. The standard InChI is InChI=1S/C57H90O10/c1-3-5-7-9-11-13-15-17-19-21-23-24-25-26-28-29-31-33-35-37-39-41-43-45-52(59)64-48-50(49-65-57-56(63)55(62)54(61)51(47-58)67-57)66-53(60)46-44-42-40-38-36-34-32-30-27-22-20-18-16-14-12-10-8-6-4-2/h5-8,11-14,17-20,23-24,27,30,34,36,40,42,50-51,54-58,61-63H,3-4,9-10,15-16,21-22,25-26,28-29,31-33,35,37-39,41,43-49H2,1-2H3/b7-5-,8-6-,13-11-,14-12-,19-17-,20-18-,24-23-,30-27-,36-34-,42-40-. The predicted octanol–water partition coefficient (Wildman–Crippen LogP) is 12.2. The molecule has 0 aromatic heterocycles. The number of carbonyl (C=O) groups excluding carboxylic acids is 2. The van der Waals surface area contributed by atoms with Crippen LogP contribution in [-0.4, -0.2) is 89.0 Å². The molecule has 1 aliphatic rings. The highest BCUT2D eigenvalue weighted by Gasteiger charge is 2.44. The Kier molecular flexibility index (Phi) is 41.8. The van der Waals surface area contributed by atoms with E-state index in [1.165, 1.54) is 38.5 Å². The molecule has 4 N–H and O–H groups in total. The lowest BCUT2D eigenvalue weighted by Gasteiger charge is -2.39. The predicted molar refractivity (Wildman–Crippen MR) is 274 cm³/mol. The minimum atomic E-state index is -1.62. The number of carbonyl (C=O) groups is 2. The average molecular weight is 935 g/mol. The van der Waals surface area contributed by atoms with Crippen LogP contribution in [0.1, 0.15) is 168 Å². The Morgan fingerprint density at radius 1 is 0.463 bits per heavy atom. The summed E-state index contributed by atoms with van der Waals surface area (Å²) in [6.45, 7) is 3.11. The van der Waals surface area contributed by atoms with E-state index >= 15 is 0 Å². The first kappa shape index (κ1) is 61.1. The van der Waals surface area contributed by atoms with Crippen molar-refractivity contribution in [3.05, 3.63) is 122 Å². The Labute approximate surface area is 405 Å².